The minimum Gasteiger partial charge on any atom is -0.468 e. The van der Waals surface area contributed by atoms with E-state index in [1.165, 1.54) is 20.0 Å². The van der Waals surface area contributed by atoms with Crippen molar-refractivity contribution in [3.63, 3.8) is 0 Å². The first-order chi connectivity index (χ1) is 13.6. The Hall–Kier alpha value is -2.47. The lowest BCUT2D eigenvalue weighted by atomic mass is 10.1. The van der Waals surface area contributed by atoms with Gasteiger partial charge in [-0.1, -0.05) is 5.11 Å². The third kappa shape index (κ3) is 5.76. The molecule has 1 aliphatic rings. The van der Waals surface area contributed by atoms with Crippen LogP contribution in [-0.2, 0) is 23.4 Å². The predicted octanol–water partition coefficient (Wildman–Crippen LogP) is 0.0795. The molecule has 14 nitrogen and oxygen atoms in total. The number of H-pyrrole nitrogens is 1. The van der Waals surface area contributed by atoms with Crippen molar-refractivity contribution >= 4 is 13.7 Å². The van der Waals surface area contributed by atoms with Gasteiger partial charge in [-0.2, -0.15) is 0 Å². The number of aryl methyl sites for hydroxylation is 1. The van der Waals surface area contributed by atoms with E-state index in [2.05, 4.69) is 24.8 Å². The summed E-state index contributed by atoms with van der Waals surface area (Å²) >= 11 is 0. The maximum Gasteiger partial charge on any atom is 0.403 e. The lowest BCUT2D eigenvalue weighted by Crippen LogP contribution is -2.34. The van der Waals surface area contributed by atoms with E-state index in [1.807, 2.05) is 0 Å². The van der Waals surface area contributed by atoms with E-state index in [9.17, 15) is 23.8 Å². The molecule has 0 spiro atoms. The van der Waals surface area contributed by atoms with Crippen molar-refractivity contribution in [2.45, 2.75) is 44.7 Å². The Kier molecular flexibility index (Phi) is 7.36. The van der Waals surface area contributed by atoms with Gasteiger partial charge in [0.05, 0.1) is 25.9 Å². The quantitative estimate of drug-likeness (QED) is 0.167. The summed E-state index contributed by atoms with van der Waals surface area (Å²) in [6.45, 7) is 2.35. The van der Waals surface area contributed by atoms with Crippen LogP contribution in [0.1, 0.15) is 25.1 Å². The smallest absolute Gasteiger partial charge is 0.403 e. The molecular weight excluding hydrogens is 411 g/mol. The van der Waals surface area contributed by atoms with Crippen LogP contribution < -0.4 is 16.3 Å². The fourth-order valence-corrected chi connectivity index (χ4v) is 3.73. The lowest BCUT2D eigenvalue weighted by molar-refractivity contribution is -0.142. The summed E-state index contributed by atoms with van der Waals surface area (Å²) in [5.41, 5.74) is 7.77. The molecule has 1 aromatic heterocycles. The van der Waals surface area contributed by atoms with E-state index in [0.717, 1.165) is 11.7 Å². The van der Waals surface area contributed by atoms with E-state index in [1.54, 1.807) is 0 Å². The second-order valence-corrected chi connectivity index (χ2v) is 7.86. The summed E-state index contributed by atoms with van der Waals surface area (Å²) < 4.78 is 28.3. The van der Waals surface area contributed by atoms with Crippen LogP contribution >= 0.6 is 7.75 Å². The highest BCUT2D eigenvalue weighted by Gasteiger charge is 2.38. The Morgan fingerprint density at radius 1 is 1.62 bits per heavy atom. The summed E-state index contributed by atoms with van der Waals surface area (Å²) in [7, 11) is -3.28. The van der Waals surface area contributed by atoms with Crippen molar-refractivity contribution in [1.29, 1.82) is 0 Å². The molecule has 0 bridgehead atoms. The number of aromatic amines is 1. The van der Waals surface area contributed by atoms with Crippen molar-refractivity contribution in [3.05, 3.63) is 43.0 Å². The van der Waals surface area contributed by atoms with E-state index in [0.29, 0.717) is 0 Å². The Labute approximate surface area is 164 Å². The maximum atomic E-state index is 12.1. The number of methoxy groups -OCH3 is 1. The molecule has 2 rings (SSSR count). The average molecular weight is 432 g/mol. The molecular formula is C14H21N6O8P. The van der Waals surface area contributed by atoms with Crippen LogP contribution in [0.15, 0.2) is 20.9 Å². The first-order valence-corrected chi connectivity index (χ1v) is 10.0. The molecule has 29 heavy (non-hydrogen) atoms. The maximum absolute atomic E-state index is 12.1. The third-order valence-corrected chi connectivity index (χ3v) is 5.40. The van der Waals surface area contributed by atoms with Gasteiger partial charge < -0.3 is 14.4 Å². The van der Waals surface area contributed by atoms with E-state index in [4.69, 9.17) is 14.8 Å². The molecule has 15 heteroatoms. The van der Waals surface area contributed by atoms with Crippen LogP contribution in [0, 0.1) is 6.92 Å². The van der Waals surface area contributed by atoms with Crippen LogP contribution in [0.5, 0.6) is 0 Å². The number of esters is 1. The van der Waals surface area contributed by atoms with E-state index < -0.39 is 56.0 Å². The van der Waals surface area contributed by atoms with E-state index >= 15 is 0 Å². The number of hydrogen-bond donors (Lipinski definition) is 3. The van der Waals surface area contributed by atoms with Gasteiger partial charge in [-0.3, -0.25) is 23.7 Å². The number of ether oxygens (including phenoxy) is 2. The highest BCUT2D eigenvalue weighted by atomic mass is 31.2. The van der Waals surface area contributed by atoms with E-state index in [-0.39, 0.29) is 12.0 Å². The number of nitrogens with one attached hydrogen (secondary N) is 2. The van der Waals surface area contributed by atoms with Crippen molar-refractivity contribution in [2.24, 2.45) is 5.11 Å². The first-order valence-electron chi connectivity index (χ1n) is 8.42. The number of carbonyl (C=O) groups is 1. The van der Waals surface area contributed by atoms with Crippen LogP contribution in [-0.4, -0.2) is 52.3 Å². The molecule has 5 atom stereocenters. The van der Waals surface area contributed by atoms with Crippen molar-refractivity contribution in [2.75, 3.05) is 13.7 Å². The fraction of sp³-hybridized carbons (Fsp3) is 0.643. The molecule has 3 N–H and O–H groups in total. The minimum absolute atomic E-state index is 0.0746. The molecule has 1 aliphatic heterocycles. The fourth-order valence-electron chi connectivity index (χ4n) is 2.71. The largest absolute Gasteiger partial charge is 0.468 e. The molecule has 0 radical (unpaired) electrons. The van der Waals surface area contributed by atoms with Gasteiger partial charge in [0.25, 0.3) is 5.56 Å². The number of hydrogen-bond acceptors (Lipinski definition) is 8. The Balaban J connectivity index is 2.12. The second-order valence-electron chi connectivity index (χ2n) is 6.31. The van der Waals surface area contributed by atoms with Crippen LogP contribution in [0.2, 0.25) is 0 Å². The van der Waals surface area contributed by atoms with Gasteiger partial charge in [0.1, 0.15) is 12.3 Å². The summed E-state index contributed by atoms with van der Waals surface area (Å²) in [4.78, 5) is 49.6. The van der Waals surface area contributed by atoms with Crippen molar-refractivity contribution < 1.29 is 28.3 Å². The topological polar surface area (TPSA) is 198 Å². The standard InChI is InChI=1S/C14H21N6O8P/c1-7-5-20(14(23)16-12(7)21)11-4-9(17-19-15)10(28-11)6-27-29(24,25)18-8(2)13(22)26-3/h5,8-11H,4,6H2,1-3H3,(H,16,21,23)(H2,18,24,25)/t8-,9?,10+,11+/m0/s1. The zero-order chi connectivity index (χ0) is 21.8. The molecule has 0 saturated carbocycles. The van der Waals surface area contributed by atoms with Crippen molar-refractivity contribution in [1.82, 2.24) is 14.6 Å². The highest BCUT2D eigenvalue weighted by molar-refractivity contribution is 7.50. The van der Waals surface area contributed by atoms with Gasteiger partial charge in [-0.05, 0) is 19.4 Å². The lowest BCUT2D eigenvalue weighted by Gasteiger charge is -2.20. The normalized spacial score (nSPS) is 24.3. The number of nitrogens with zero attached hydrogens (tertiary/aromatic N) is 4. The SMILES string of the molecule is COC(=O)[C@H](C)NP(=O)(O)OC[C@H]1O[C@@H](n2cc(C)c(=O)[nH]c2=O)CC1N=[N+]=[N-]. The number of aromatic nitrogens is 2. The Bertz CT molecular complexity index is 970. The third-order valence-electron chi connectivity index (χ3n) is 4.19. The van der Waals surface area contributed by atoms with Gasteiger partial charge in [0.15, 0.2) is 0 Å². The van der Waals surface area contributed by atoms with Gasteiger partial charge >= 0.3 is 19.4 Å². The molecule has 1 aromatic rings. The molecule has 0 amide bonds. The summed E-state index contributed by atoms with van der Waals surface area (Å²) in [5.74, 6) is -0.764. The molecule has 160 valence electrons. The molecule has 0 aromatic carbocycles. The van der Waals surface area contributed by atoms with Gasteiger partial charge in [0, 0.05) is 23.1 Å². The number of rotatable bonds is 8. The summed E-state index contributed by atoms with van der Waals surface area (Å²) in [6.07, 6.45) is -0.461. The molecule has 0 aliphatic carbocycles. The molecule has 2 unspecified atom stereocenters. The van der Waals surface area contributed by atoms with Crippen LogP contribution in [0.4, 0.5) is 0 Å². The van der Waals surface area contributed by atoms with Gasteiger partial charge in [0.2, 0.25) is 0 Å². The van der Waals surface area contributed by atoms with Crippen LogP contribution in [0.3, 0.4) is 0 Å². The number of azide groups is 1. The minimum atomic E-state index is -4.41. The summed E-state index contributed by atoms with van der Waals surface area (Å²) in [6, 6.07) is -1.91. The Morgan fingerprint density at radius 2 is 2.31 bits per heavy atom. The number of carbonyl (C=O) groups excluding carboxylic acids is 1. The van der Waals surface area contributed by atoms with Gasteiger partial charge in [-0.15, -0.1) is 0 Å². The first kappa shape index (κ1) is 22.8. The zero-order valence-electron chi connectivity index (χ0n) is 15.8. The average Bonchev–Trinajstić information content (AvgIpc) is 3.05. The van der Waals surface area contributed by atoms with Crippen LogP contribution in [0.25, 0.3) is 10.4 Å². The molecule has 1 saturated heterocycles. The zero-order valence-corrected chi connectivity index (χ0v) is 16.7. The summed E-state index contributed by atoms with van der Waals surface area (Å²) in [5, 5.41) is 5.68. The predicted molar refractivity (Wildman–Crippen MR) is 97.9 cm³/mol. The van der Waals surface area contributed by atoms with Gasteiger partial charge in [-0.25, -0.2) is 14.4 Å². The monoisotopic (exact) mass is 432 g/mol. The Morgan fingerprint density at radius 3 is 2.93 bits per heavy atom. The second kappa shape index (κ2) is 9.35. The molecule has 1 fully saturated rings. The highest BCUT2D eigenvalue weighted by Crippen LogP contribution is 2.40. The molecule has 2 heterocycles. The van der Waals surface area contributed by atoms with Crippen molar-refractivity contribution in [3.8, 4) is 0 Å².